The molecule has 1 unspecified atom stereocenters. The van der Waals surface area contributed by atoms with Gasteiger partial charge in [0.15, 0.2) is 0 Å². The lowest BCUT2D eigenvalue weighted by atomic mass is 9.68. The Labute approximate surface area is 74.2 Å². The lowest BCUT2D eigenvalue weighted by Crippen LogP contribution is -2.12. The number of hydrogen-bond donors (Lipinski definition) is 0. The molecule has 62 valence electrons. The summed E-state index contributed by atoms with van der Waals surface area (Å²) in [7, 11) is 1.95. The van der Waals surface area contributed by atoms with Gasteiger partial charge < -0.3 is 4.79 Å². The first kappa shape index (κ1) is 9.05. The SMILES string of the molecule is BC(C)(C=O)Cc1ccccc1. The number of benzene rings is 1. The van der Waals surface area contributed by atoms with E-state index < -0.39 is 0 Å². The molecule has 0 saturated heterocycles. The highest BCUT2D eigenvalue weighted by Crippen LogP contribution is 2.22. The maximum Gasteiger partial charge on any atom is 0.118 e. The van der Waals surface area contributed by atoms with Gasteiger partial charge in [0.1, 0.15) is 14.1 Å². The molecule has 0 amide bonds. The van der Waals surface area contributed by atoms with Crippen LogP contribution in [-0.4, -0.2) is 14.1 Å². The van der Waals surface area contributed by atoms with E-state index in [1.165, 1.54) is 5.56 Å². The Kier molecular flexibility index (Phi) is 2.69. The van der Waals surface area contributed by atoms with Gasteiger partial charge in [-0.05, 0) is 17.3 Å². The zero-order valence-electron chi connectivity index (χ0n) is 7.58. The minimum atomic E-state index is -0.235. The van der Waals surface area contributed by atoms with E-state index in [1.807, 2.05) is 45.1 Å². The molecular weight excluding hydrogens is 147 g/mol. The van der Waals surface area contributed by atoms with E-state index in [-0.39, 0.29) is 5.31 Å². The van der Waals surface area contributed by atoms with Crippen LogP contribution in [0.4, 0.5) is 0 Å². The third-order valence-corrected chi connectivity index (χ3v) is 1.82. The largest absolute Gasteiger partial charge is 0.304 e. The average Bonchev–Trinajstić information content (AvgIpc) is 2.06. The molecule has 1 rings (SSSR count). The molecule has 0 aliphatic carbocycles. The van der Waals surface area contributed by atoms with Crippen molar-refractivity contribution in [3.8, 4) is 0 Å². The summed E-state index contributed by atoms with van der Waals surface area (Å²) >= 11 is 0. The predicted octanol–water partition coefficient (Wildman–Crippen LogP) is 1.24. The molecule has 0 bridgehead atoms. The molecule has 0 saturated carbocycles. The molecule has 2 heteroatoms. The first-order valence-corrected chi connectivity index (χ1v) is 4.14. The Morgan fingerprint density at radius 2 is 2.00 bits per heavy atom. The van der Waals surface area contributed by atoms with E-state index in [0.29, 0.717) is 0 Å². The number of aldehydes is 1. The molecule has 0 aliphatic rings. The first-order chi connectivity index (χ1) is 5.64. The van der Waals surface area contributed by atoms with Crippen LogP contribution in [0.15, 0.2) is 30.3 Å². The molecule has 1 atom stereocenters. The van der Waals surface area contributed by atoms with Crippen molar-refractivity contribution in [3.63, 3.8) is 0 Å². The van der Waals surface area contributed by atoms with Crippen LogP contribution in [0.5, 0.6) is 0 Å². The van der Waals surface area contributed by atoms with Crippen LogP contribution >= 0.6 is 0 Å². The molecule has 0 aromatic heterocycles. The summed E-state index contributed by atoms with van der Waals surface area (Å²) in [5.74, 6) is 0. The van der Waals surface area contributed by atoms with Gasteiger partial charge >= 0.3 is 0 Å². The standard InChI is InChI=1S/C10H13BO/c1-10(11,8-12)7-9-5-3-2-4-6-9/h2-6,8H,7,11H2,1H3. The Morgan fingerprint density at radius 1 is 1.42 bits per heavy atom. The number of hydrogen-bond acceptors (Lipinski definition) is 1. The molecular formula is C10H13BO. The smallest absolute Gasteiger partial charge is 0.118 e. The molecule has 12 heavy (non-hydrogen) atoms. The molecule has 1 aromatic carbocycles. The third kappa shape index (κ3) is 2.53. The number of carbonyl (C=O) groups excluding carboxylic acids is 1. The highest BCUT2D eigenvalue weighted by atomic mass is 16.1. The summed E-state index contributed by atoms with van der Waals surface area (Å²) in [6, 6.07) is 10.1. The van der Waals surface area contributed by atoms with E-state index in [0.717, 1.165) is 12.7 Å². The third-order valence-electron chi connectivity index (χ3n) is 1.82. The quantitative estimate of drug-likeness (QED) is 0.480. The summed E-state index contributed by atoms with van der Waals surface area (Å²) in [5, 5.41) is -0.235. The van der Waals surface area contributed by atoms with Crippen molar-refractivity contribution < 1.29 is 4.79 Å². The van der Waals surface area contributed by atoms with E-state index in [9.17, 15) is 4.79 Å². The second-order valence-electron chi connectivity index (χ2n) is 3.77. The summed E-state index contributed by atoms with van der Waals surface area (Å²) in [6.45, 7) is 1.95. The van der Waals surface area contributed by atoms with Gasteiger partial charge in [-0.2, -0.15) is 0 Å². The topological polar surface area (TPSA) is 17.1 Å². The maximum atomic E-state index is 10.6. The van der Waals surface area contributed by atoms with Gasteiger partial charge in [0.25, 0.3) is 0 Å². The van der Waals surface area contributed by atoms with Crippen molar-refractivity contribution in [2.75, 3.05) is 0 Å². The van der Waals surface area contributed by atoms with Crippen LogP contribution in [0.3, 0.4) is 0 Å². The summed E-state index contributed by atoms with van der Waals surface area (Å²) < 4.78 is 0. The lowest BCUT2D eigenvalue weighted by molar-refractivity contribution is -0.109. The number of carbonyl (C=O) groups is 1. The molecule has 0 radical (unpaired) electrons. The predicted molar refractivity (Wildman–Crippen MR) is 53.1 cm³/mol. The summed E-state index contributed by atoms with van der Waals surface area (Å²) in [4.78, 5) is 10.6. The second kappa shape index (κ2) is 3.57. The second-order valence-corrected chi connectivity index (χ2v) is 3.77. The minimum absolute atomic E-state index is 0.235. The Bertz CT molecular complexity index is 254. The van der Waals surface area contributed by atoms with E-state index in [1.54, 1.807) is 0 Å². The number of rotatable bonds is 3. The fraction of sp³-hybridized carbons (Fsp3) is 0.300. The van der Waals surface area contributed by atoms with Gasteiger partial charge in [0, 0.05) is 0 Å². The molecule has 1 nitrogen and oxygen atoms in total. The normalized spacial score (nSPS) is 15.1. The van der Waals surface area contributed by atoms with Gasteiger partial charge in [0.05, 0.1) is 0 Å². The van der Waals surface area contributed by atoms with Crippen LogP contribution in [0.25, 0.3) is 0 Å². The zero-order chi connectivity index (χ0) is 9.03. The molecule has 0 fully saturated rings. The highest BCUT2D eigenvalue weighted by molar-refractivity contribution is 6.23. The van der Waals surface area contributed by atoms with E-state index >= 15 is 0 Å². The molecule has 0 spiro atoms. The molecule has 0 N–H and O–H groups in total. The van der Waals surface area contributed by atoms with Crippen molar-refractivity contribution in [1.29, 1.82) is 0 Å². The van der Waals surface area contributed by atoms with E-state index in [4.69, 9.17) is 0 Å². The molecule has 0 heterocycles. The summed E-state index contributed by atoms with van der Waals surface area (Å²) in [5.41, 5.74) is 1.22. The van der Waals surface area contributed by atoms with Crippen molar-refractivity contribution in [1.82, 2.24) is 0 Å². The van der Waals surface area contributed by atoms with Crippen molar-refractivity contribution in [3.05, 3.63) is 35.9 Å². The molecule has 1 aromatic rings. The van der Waals surface area contributed by atoms with Gasteiger partial charge in [-0.1, -0.05) is 37.3 Å². The Morgan fingerprint density at radius 3 is 2.50 bits per heavy atom. The van der Waals surface area contributed by atoms with Gasteiger partial charge in [-0.25, -0.2) is 0 Å². The van der Waals surface area contributed by atoms with Crippen LogP contribution in [0.1, 0.15) is 12.5 Å². The van der Waals surface area contributed by atoms with Crippen molar-refractivity contribution >= 4 is 14.1 Å². The molecule has 0 aliphatic heterocycles. The lowest BCUT2D eigenvalue weighted by Gasteiger charge is -2.15. The minimum Gasteiger partial charge on any atom is -0.304 e. The monoisotopic (exact) mass is 160 g/mol. The van der Waals surface area contributed by atoms with Crippen LogP contribution in [-0.2, 0) is 11.2 Å². The zero-order valence-corrected chi connectivity index (χ0v) is 7.58. The Hall–Kier alpha value is -1.05. The maximum absolute atomic E-state index is 10.6. The van der Waals surface area contributed by atoms with Crippen LogP contribution in [0, 0.1) is 0 Å². The fourth-order valence-corrected chi connectivity index (χ4v) is 1.16. The highest BCUT2D eigenvalue weighted by Gasteiger charge is 2.16. The van der Waals surface area contributed by atoms with Gasteiger partial charge in [-0.3, -0.25) is 0 Å². The van der Waals surface area contributed by atoms with Crippen molar-refractivity contribution in [2.24, 2.45) is 0 Å². The van der Waals surface area contributed by atoms with E-state index in [2.05, 4.69) is 0 Å². The first-order valence-electron chi connectivity index (χ1n) is 4.14. The van der Waals surface area contributed by atoms with Crippen LogP contribution < -0.4 is 0 Å². The van der Waals surface area contributed by atoms with Crippen molar-refractivity contribution in [2.45, 2.75) is 18.7 Å². The summed E-state index contributed by atoms with van der Waals surface area (Å²) in [6.07, 6.45) is 1.83. The van der Waals surface area contributed by atoms with Crippen LogP contribution in [0.2, 0.25) is 5.31 Å². The fourth-order valence-electron chi connectivity index (χ4n) is 1.16. The average molecular weight is 160 g/mol. The van der Waals surface area contributed by atoms with Gasteiger partial charge in [0.2, 0.25) is 0 Å². The Balaban J connectivity index is 2.70. The van der Waals surface area contributed by atoms with Gasteiger partial charge in [-0.15, -0.1) is 0 Å².